The summed E-state index contributed by atoms with van der Waals surface area (Å²) in [5.41, 5.74) is 6.96. The standard InChI is InChI=1S/C14H26N4S/c1-4-12-13(9-15)19-14(16-12)18(3)10-11-5-7-17(2)8-6-11/h11H,4-10,15H2,1-3H3. The molecule has 5 heteroatoms. The first-order valence-corrected chi connectivity index (χ1v) is 8.04. The average molecular weight is 282 g/mol. The van der Waals surface area contributed by atoms with Gasteiger partial charge in [-0.3, -0.25) is 0 Å². The van der Waals surface area contributed by atoms with E-state index in [0.29, 0.717) is 6.54 Å². The van der Waals surface area contributed by atoms with Gasteiger partial charge in [-0.1, -0.05) is 6.92 Å². The molecule has 0 bridgehead atoms. The number of likely N-dealkylation sites (tertiary alicyclic amines) is 1. The van der Waals surface area contributed by atoms with E-state index in [9.17, 15) is 0 Å². The van der Waals surface area contributed by atoms with Gasteiger partial charge in [0.15, 0.2) is 5.13 Å². The van der Waals surface area contributed by atoms with Crippen molar-refractivity contribution < 1.29 is 0 Å². The number of thiazole rings is 1. The van der Waals surface area contributed by atoms with E-state index < -0.39 is 0 Å². The minimum absolute atomic E-state index is 0.614. The molecule has 0 aromatic carbocycles. The Morgan fingerprint density at radius 2 is 2.11 bits per heavy atom. The van der Waals surface area contributed by atoms with Crippen LogP contribution in [0.1, 0.15) is 30.3 Å². The SMILES string of the molecule is CCc1nc(N(C)CC2CCN(C)CC2)sc1CN. The second-order valence-corrected chi connectivity index (χ2v) is 6.61. The van der Waals surface area contributed by atoms with E-state index >= 15 is 0 Å². The highest BCUT2D eigenvalue weighted by Gasteiger charge is 2.20. The van der Waals surface area contributed by atoms with Gasteiger partial charge in [-0.25, -0.2) is 4.98 Å². The molecular weight excluding hydrogens is 256 g/mol. The van der Waals surface area contributed by atoms with Crippen LogP contribution in [0, 0.1) is 5.92 Å². The molecule has 0 unspecified atom stereocenters. The van der Waals surface area contributed by atoms with Gasteiger partial charge in [-0.2, -0.15) is 0 Å². The normalized spacial score (nSPS) is 17.9. The molecule has 2 rings (SSSR count). The predicted octanol–water partition coefficient (Wildman–Crippen LogP) is 1.94. The topological polar surface area (TPSA) is 45.4 Å². The molecule has 2 heterocycles. The lowest BCUT2D eigenvalue weighted by Crippen LogP contribution is -2.35. The molecule has 1 aromatic rings. The molecule has 0 radical (unpaired) electrons. The lowest BCUT2D eigenvalue weighted by molar-refractivity contribution is 0.222. The molecule has 2 N–H and O–H groups in total. The van der Waals surface area contributed by atoms with Gasteiger partial charge in [-0.15, -0.1) is 11.3 Å². The molecule has 0 spiro atoms. The van der Waals surface area contributed by atoms with E-state index in [1.54, 1.807) is 11.3 Å². The van der Waals surface area contributed by atoms with Crippen LogP contribution in [0.25, 0.3) is 0 Å². The highest BCUT2D eigenvalue weighted by atomic mass is 32.1. The average Bonchev–Trinajstić information content (AvgIpc) is 2.84. The van der Waals surface area contributed by atoms with Crippen molar-refractivity contribution in [1.82, 2.24) is 9.88 Å². The molecule has 1 fully saturated rings. The van der Waals surface area contributed by atoms with Crippen LogP contribution in [-0.4, -0.2) is 43.6 Å². The van der Waals surface area contributed by atoms with Crippen molar-refractivity contribution in [2.75, 3.05) is 38.6 Å². The van der Waals surface area contributed by atoms with Crippen LogP contribution in [0.5, 0.6) is 0 Å². The Morgan fingerprint density at radius 3 is 2.63 bits per heavy atom. The molecule has 0 aliphatic carbocycles. The van der Waals surface area contributed by atoms with Crippen molar-refractivity contribution in [2.45, 2.75) is 32.7 Å². The third-order valence-electron chi connectivity index (χ3n) is 3.98. The zero-order valence-electron chi connectivity index (χ0n) is 12.4. The van der Waals surface area contributed by atoms with Crippen molar-refractivity contribution >= 4 is 16.5 Å². The maximum atomic E-state index is 5.79. The Labute approximate surface area is 120 Å². The number of hydrogen-bond acceptors (Lipinski definition) is 5. The Hall–Kier alpha value is -0.650. The first kappa shape index (κ1) is 14.8. The number of rotatable bonds is 5. The van der Waals surface area contributed by atoms with E-state index in [1.165, 1.54) is 36.5 Å². The highest BCUT2D eigenvalue weighted by molar-refractivity contribution is 7.15. The molecular formula is C14H26N4S. The fourth-order valence-electron chi connectivity index (χ4n) is 2.68. The first-order valence-electron chi connectivity index (χ1n) is 7.22. The number of piperidine rings is 1. The van der Waals surface area contributed by atoms with Crippen LogP contribution in [0.2, 0.25) is 0 Å². The lowest BCUT2D eigenvalue weighted by Gasteiger charge is -2.31. The van der Waals surface area contributed by atoms with E-state index in [0.717, 1.165) is 24.0 Å². The van der Waals surface area contributed by atoms with Gasteiger partial charge in [0.05, 0.1) is 5.69 Å². The van der Waals surface area contributed by atoms with Gasteiger partial charge in [-0.05, 0) is 45.3 Å². The van der Waals surface area contributed by atoms with Crippen LogP contribution >= 0.6 is 11.3 Å². The third-order valence-corrected chi connectivity index (χ3v) is 5.22. The zero-order chi connectivity index (χ0) is 13.8. The number of aryl methyl sites for hydroxylation is 1. The summed E-state index contributed by atoms with van der Waals surface area (Å²) in [7, 11) is 4.37. The van der Waals surface area contributed by atoms with Crippen LogP contribution < -0.4 is 10.6 Å². The van der Waals surface area contributed by atoms with Crippen molar-refractivity contribution in [3.63, 3.8) is 0 Å². The van der Waals surface area contributed by atoms with Crippen molar-refractivity contribution in [2.24, 2.45) is 11.7 Å². The predicted molar refractivity (Wildman–Crippen MR) is 82.9 cm³/mol. The summed E-state index contributed by atoms with van der Waals surface area (Å²) < 4.78 is 0. The smallest absolute Gasteiger partial charge is 0.185 e. The zero-order valence-corrected chi connectivity index (χ0v) is 13.2. The van der Waals surface area contributed by atoms with E-state index in [2.05, 4.69) is 30.8 Å². The Balaban J connectivity index is 1.95. The fraction of sp³-hybridized carbons (Fsp3) is 0.786. The van der Waals surface area contributed by atoms with Crippen molar-refractivity contribution in [3.8, 4) is 0 Å². The molecule has 19 heavy (non-hydrogen) atoms. The van der Waals surface area contributed by atoms with Gasteiger partial charge in [0.25, 0.3) is 0 Å². The molecule has 0 saturated carbocycles. The summed E-state index contributed by atoms with van der Waals surface area (Å²) in [6.07, 6.45) is 3.58. The van der Waals surface area contributed by atoms with Crippen LogP contribution in [-0.2, 0) is 13.0 Å². The quantitative estimate of drug-likeness (QED) is 0.896. The molecule has 0 atom stereocenters. The second kappa shape index (κ2) is 6.68. The minimum Gasteiger partial charge on any atom is -0.351 e. The van der Waals surface area contributed by atoms with E-state index in [1.807, 2.05) is 0 Å². The summed E-state index contributed by atoms with van der Waals surface area (Å²) in [6, 6.07) is 0. The van der Waals surface area contributed by atoms with Gasteiger partial charge < -0.3 is 15.5 Å². The number of hydrogen-bond donors (Lipinski definition) is 1. The van der Waals surface area contributed by atoms with Gasteiger partial charge in [0, 0.05) is 25.0 Å². The van der Waals surface area contributed by atoms with Crippen molar-refractivity contribution in [3.05, 3.63) is 10.6 Å². The third kappa shape index (κ3) is 3.68. The number of anilines is 1. The van der Waals surface area contributed by atoms with Gasteiger partial charge in [0.2, 0.25) is 0 Å². The van der Waals surface area contributed by atoms with Gasteiger partial charge in [0.1, 0.15) is 0 Å². The molecule has 108 valence electrons. The number of nitrogens with two attached hydrogens (primary N) is 1. The molecule has 0 amide bonds. The molecule has 1 aromatic heterocycles. The summed E-state index contributed by atoms with van der Waals surface area (Å²) in [5, 5.41) is 1.14. The summed E-state index contributed by atoms with van der Waals surface area (Å²) in [6.45, 7) is 6.33. The Kier molecular flexibility index (Phi) is 5.19. The Morgan fingerprint density at radius 1 is 1.42 bits per heavy atom. The first-order chi connectivity index (χ1) is 9.13. The lowest BCUT2D eigenvalue weighted by atomic mass is 9.97. The fourth-order valence-corrected chi connectivity index (χ4v) is 3.68. The molecule has 4 nitrogen and oxygen atoms in total. The maximum Gasteiger partial charge on any atom is 0.185 e. The van der Waals surface area contributed by atoms with Gasteiger partial charge >= 0.3 is 0 Å². The van der Waals surface area contributed by atoms with E-state index in [-0.39, 0.29) is 0 Å². The summed E-state index contributed by atoms with van der Waals surface area (Å²) in [5.74, 6) is 0.802. The molecule has 1 saturated heterocycles. The largest absolute Gasteiger partial charge is 0.351 e. The number of aromatic nitrogens is 1. The van der Waals surface area contributed by atoms with Crippen LogP contribution in [0.3, 0.4) is 0 Å². The van der Waals surface area contributed by atoms with Crippen LogP contribution in [0.15, 0.2) is 0 Å². The minimum atomic E-state index is 0.614. The summed E-state index contributed by atoms with van der Waals surface area (Å²) in [4.78, 5) is 10.7. The van der Waals surface area contributed by atoms with E-state index in [4.69, 9.17) is 10.7 Å². The highest BCUT2D eigenvalue weighted by Crippen LogP contribution is 2.27. The summed E-state index contributed by atoms with van der Waals surface area (Å²) >= 11 is 1.76. The molecule has 1 aliphatic heterocycles. The molecule has 1 aliphatic rings. The second-order valence-electron chi connectivity index (χ2n) is 5.55. The number of nitrogens with zero attached hydrogens (tertiary/aromatic N) is 3. The Bertz CT molecular complexity index is 375. The van der Waals surface area contributed by atoms with Crippen molar-refractivity contribution in [1.29, 1.82) is 0 Å². The monoisotopic (exact) mass is 282 g/mol. The maximum absolute atomic E-state index is 5.79. The van der Waals surface area contributed by atoms with Crippen LogP contribution in [0.4, 0.5) is 5.13 Å².